The number of nitrogens with zero attached hydrogens (tertiary/aromatic N) is 1. The number of thiophene rings is 1. The van der Waals surface area contributed by atoms with Gasteiger partial charge in [0.25, 0.3) is 0 Å². The number of aromatic nitrogens is 1. The first kappa shape index (κ1) is 16.9. The largest absolute Gasteiger partial charge is 0.310 e. The second-order valence-corrected chi connectivity index (χ2v) is 8.44. The quantitative estimate of drug-likeness (QED) is 0.543. The molecule has 3 rings (SSSR count). The van der Waals surface area contributed by atoms with Crippen LogP contribution in [0, 0.1) is 6.92 Å². The number of halogens is 2. The summed E-state index contributed by atoms with van der Waals surface area (Å²) in [5.41, 5.74) is 1.11. The smallest absolute Gasteiger partial charge is 0.107 e. The van der Waals surface area contributed by atoms with Crippen LogP contribution in [-0.2, 0) is 13.0 Å². The van der Waals surface area contributed by atoms with Crippen molar-refractivity contribution in [3.05, 3.63) is 62.0 Å². The molecular formula is C17H16Cl2N2S2. The van der Waals surface area contributed by atoms with Crippen molar-refractivity contribution >= 4 is 45.9 Å². The van der Waals surface area contributed by atoms with Crippen LogP contribution in [0.2, 0.25) is 10.0 Å². The zero-order valence-electron chi connectivity index (χ0n) is 12.6. The summed E-state index contributed by atoms with van der Waals surface area (Å²) in [6.07, 6.45) is 2.83. The van der Waals surface area contributed by atoms with E-state index in [1.165, 1.54) is 14.6 Å². The molecule has 23 heavy (non-hydrogen) atoms. The van der Waals surface area contributed by atoms with Crippen molar-refractivity contribution in [2.24, 2.45) is 0 Å². The molecule has 0 fully saturated rings. The van der Waals surface area contributed by atoms with Gasteiger partial charge in [-0.05, 0) is 49.7 Å². The summed E-state index contributed by atoms with van der Waals surface area (Å²) in [7, 11) is 0. The van der Waals surface area contributed by atoms with E-state index in [-0.39, 0.29) is 0 Å². The maximum Gasteiger partial charge on any atom is 0.107 e. The van der Waals surface area contributed by atoms with Crippen molar-refractivity contribution in [3.63, 3.8) is 0 Å². The fourth-order valence-electron chi connectivity index (χ4n) is 2.22. The molecule has 0 amide bonds. The summed E-state index contributed by atoms with van der Waals surface area (Å²) in [6.45, 7) is 3.76. The molecule has 0 radical (unpaired) electrons. The molecule has 0 bridgehead atoms. The van der Waals surface area contributed by atoms with Gasteiger partial charge in [-0.1, -0.05) is 29.3 Å². The van der Waals surface area contributed by atoms with Crippen molar-refractivity contribution in [1.29, 1.82) is 0 Å². The molecule has 120 valence electrons. The zero-order valence-corrected chi connectivity index (χ0v) is 15.7. The average molecular weight is 383 g/mol. The molecule has 1 N–H and O–H groups in total. The van der Waals surface area contributed by atoms with E-state index in [4.69, 9.17) is 23.2 Å². The molecule has 0 spiro atoms. The molecule has 0 aliphatic carbocycles. The van der Waals surface area contributed by atoms with Gasteiger partial charge in [-0.2, -0.15) is 0 Å². The monoisotopic (exact) mass is 382 g/mol. The highest BCUT2D eigenvalue weighted by Crippen LogP contribution is 2.31. The predicted octanol–water partition coefficient (Wildman–Crippen LogP) is 5.82. The maximum atomic E-state index is 6.18. The van der Waals surface area contributed by atoms with Gasteiger partial charge in [0.05, 0.1) is 4.88 Å². The first-order chi connectivity index (χ1) is 11.1. The highest BCUT2D eigenvalue weighted by molar-refractivity contribution is 7.21. The number of hydrogen-bond donors (Lipinski definition) is 1. The van der Waals surface area contributed by atoms with Gasteiger partial charge in [0.2, 0.25) is 0 Å². The number of hydrogen-bond acceptors (Lipinski definition) is 4. The number of nitrogens with one attached hydrogen (secondary N) is 1. The minimum absolute atomic E-state index is 0.672. The summed E-state index contributed by atoms with van der Waals surface area (Å²) in [5.74, 6) is 0. The van der Waals surface area contributed by atoms with Crippen molar-refractivity contribution in [1.82, 2.24) is 10.3 Å². The Hall–Kier alpha value is -0.910. The lowest BCUT2D eigenvalue weighted by atomic mass is 10.1. The summed E-state index contributed by atoms with van der Waals surface area (Å²) < 4.78 is 0. The van der Waals surface area contributed by atoms with Gasteiger partial charge in [-0.3, -0.25) is 0 Å². The maximum absolute atomic E-state index is 6.18. The van der Waals surface area contributed by atoms with Crippen molar-refractivity contribution in [2.45, 2.75) is 19.9 Å². The van der Waals surface area contributed by atoms with Crippen LogP contribution in [0.5, 0.6) is 0 Å². The zero-order chi connectivity index (χ0) is 16.2. The highest BCUT2D eigenvalue weighted by Gasteiger charge is 2.06. The van der Waals surface area contributed by atoms with Gasteiger partial charge in [0.15, 0.2) is 0 Å². The Balaban J connectivity index is 1.50. The van der Waals surface area contributed by atoms with Crippen LogP contribution >= 0.6 is 45.9 Å². The topological polar surface area (TPSA) is 24.9 Å². The van der Waals surface area contributed by atoms with E-state index in [0.29, 0.717) is 5.02 Å². The first-order valence-corrected chi connectivity index (χ1v) is 9.67. The van der Waals surface area contributed by atoms with Crippen LogP contribution < -0.4 is 5.32 Å². The average Bonchev–Trinajstić information content (AvgIpc) is 3.14. The van der Waals surface area contributed by atoms with E-state index >= 15 is 0 Å². The molecule has 0 aliphatic heterocycles. The second-order valence-electron chi connectivity index (χ2n) is 5.19. The molecule has 0 unspecified atom stereocenters. The van der Waals surface area contributed by atoms with Gasteiger partial charge in [0, 0.05) is 32.5 Å². The van der Waals surface area contributed by atoms with E-state index in [9.17, 15) is 0 Å². The first-order valence-electron chi connectivity index (χ1n) is 7.28. The molecule has 6 heteroatoms. The van der Waals surface area contributed by atoms with E-state index in [1.54, 1.807) is 17.4 Å². The van der Waals surface area contributed by atoms with Crippen LogP contribution in [0.1, 0.15) is 15.4 Å². The van der Waals surface area contributed by atoms with Gasteiger partial charge in [0.1, 0.15) is 5.01 Å². The van der Waals surface area contributed by atoms with Gasteiger partial charge in [-0.15, -0.1) is 22.7 Å². The van der Waals surface area contributed by atoms with Crippen LogP contribution in [0.25, 0.3) is 9.75 Å². The fraction of sp³-hybridized carbons (Fsp3) is 0.235. The Morgan fingerprint density at radius 1 is 1.09 bits per heavy atom. The molecule has 0 saturated heterocycles. The molecule has 0 saturated carbocycles. The highest BCUT2D eigenvalue weighted by atomic mass is 35.5. The molecule has 3 aromatic rings. The number of benzene rings is 1. The lowest BCUT2D eigenvalue weighted by Gasteiger charge is -2.05. The Kier molecular flexibility index (Phi) is 5.72. The SMILES string of the molecule is Cc1ccc(-c2cnc(CNCCc3ccc(Cl)cc3Cl)s2)s1. The Morgan fingerprint density at radius 3 is 2.70 bits per heavy atom. The molecule has 1 aromatic carbocycles. The van der Waals surface area contributed by atoms with Gasteiger partial charge in [-0.25, -0.2) is 4.98 Å². The third kappa shape index (κ3) is 4.55. The minimum atomic E-state index is 0.672. The van der Waals surface area contributed by atoms with Crippen molar-refractivity contribution in [3.8, 4) is 9.75 Å². The molecular weight excluding hydrogens is 367 g/mol. The third-order valence-electron chi connectivity index (χ3n) is 3.40. The molecule has 2 aromatic heterocycles. The van der Waals surface area contributed by atoms with Crippen LogP contribution in [0.4, 0.5) is 0 Å². The number of aryl methyl sites for hydroxylation is 1. The van der Waals surface area contributed by atoms with Crippen molar-refractivity contribution in [2.75, 3.05) is 6.54 Å². The second kappa shape index (κ2) is 7.77. The standard InChI is InChI=1S/C17H16Cl2N2S2/c1-11-2-5-15(22-11)16-9-21-17(23-16)10-20-7-6-12-3-4-13(18)8-14(12)19/h2-5,8-9,20H,6-7,10H2,1H3. The fourth-order valence-corrected chi connectivity index (χ4v) is 4.55. The normalized spacial score (nSPS) is 11.1. The molecule has 0 aliphatic rings. The summed E-state index contributed by atoms with van der Waals surface area (Å²) >= 11 is 15.6. The van der Waals surface area contributed by atoms with E-state index in [1.807, 2.05) is 29.7 Å². The van der Waals surface area contributed by atoms with Crippen molar-refractivity contribution < 1.29 is 0 Å². The van der Waals surface area contributed by atoms with E-state index < -0.39 is 0 Å². The van der Waals surface area contributed by atoms with E-state index in [2.05, 4.69) is 29.4 Å². The van der Waals surface area contributed by atoms with Crippen LogP contribution in [-0.4, -0.2) is 11.5 Å². The Bertz CT molecular complexity index is 795. The lowest BCUT2D eigenvalue weighted by molar-refractivity contribution is 0.684. The Labute approximate surface area is 154 Å². The lowest BCUT2D eigenvalue weighted by Crippen LogP contribution is -2.16. The third-order valence-corrected chi connectivity index (χ3v) is 6.18. The number of thiazole rings is 1. The van der Waals surface area contributed by atoms with Gasteiger partial charge >= 0.3 is 0 Å². The van der Waals surface area contributed by atoms with Gasteiger partial charge < -0.3 is 5.32 Å². The summed E-state index contributed by atoms with van der Waals surface area (Å²) in [4.78, 5) is 8.35. The summed E-state index contributed by atoms with van der Waals surface area (Å²) in [6, 6.07) is 9.95. The van der Waals surface area contributed by atoms with Crippen LogP contribution in [0.3, 0.4) is 0 Å². The minimum Gasteiger partial charge on any atom is -0.310 e. The van der Waals surface area contributed by atoms with Crippen LogP contribution in [0.15, 0.2) is 36.5 Å². The number of rotatable bonds is 6. The molecule has 0 atom stereocenters. The summed E-state index contributed by atoms with van der Waals surface area (Å²) in [5, 5.41) is 5.92. The Morgan fingerprint density at radius 2 is 1.96 bits per heavy atom. The van der Waals surface area contributed by atoms with E-state index in [0.717, 1.165) is 35.1 Å². The predicted molar refractivity (Wildman–Crippen MR) is 102 cm³/mol. The molecule has 2 nitrogen and oxygen atoms in total. The molecule has 2 heterocycles.